The number of ether oxygens (including phenoxy) is 1. The molecule has 1 aromatic heterocycles. The van der Waals surface area contributed by atoms with Crippen molar-refractivity contribution in [2.45, 2.75) is 26.9 Å². The van der Waals surface area contributed by atoms with Gasteiger partial charge in [0, 0.05) is 0 Å². The summed E-state index contributed by atoms with van der Waals surface area (Å²) in [6.07, 6.45) is -0.988. The van der Waals surface area contributed by atoms with Crippen molar-refractivity contribution >= 4 is 29.2 Å². The Kier molecular flexibility index (Phi) is 4.82. The van der Waals surface area contributed by atoms with Crippen molar-refractivity contribution in [3.8, 4) is 0 Å². The summed E-state index contributed by atoms with van der Waals surface area (Å²) in [4.78, 5) is 24.1. The third-order valence-corrected chi connectivity index (χ3v) is 3.35. The molecule has 0 spiro atoms. The summed E-state index contributed by atoms with van der Waals surface area (Å²) in [7, 11) is 0. The van der Waals surface area contributed by atoms with Crippen LogP contribution in [0, 0.1) is 13.8 Å². The van der Waals surface area contributed by atoms with Crippen LogP contribution in [0.4, 0.5) is 5.69 Å². The summed E-state index contributed by atoms with van der Waals surface area (Å²) in [6, 6.07) is 6.79. The first-order valence-corrected chi connectivity index (χ1v) is 6.97. The van der Waals surface area contributed by atoms with Crippen LogP contribution >= 0.6 is 11.6 Å². The molecule has 1 heterocycles. The SMILES string of the molecule is Cc1noc(C)c1C(=O)O[C@@H](C)C(=O)Nc1ccccc1Cl. The van der Waals surface area contributed by atoms with Crippen molar-refractivity contribution in [3.05, 3.63) is 46.3 Å². The highest BCUT2D eigenvalue weighted by molar-refractivity contribution is 6.33. The van der Waals surface area contributed by atoms with E-state index in [-0.39, 0.29) is 5.56 Å². The molecule has 6 nitrogen and oxygen atoms in total. The van der Waals surface area contributed by atoms with E-state index in [9.17, 15) is 9.59 Å². The van der Waals surface area contributed by atoms with Crippen LogP contribution in [0.15, 0.2) is 28.8 Å². The molecule has 0 saturated carbocycles. The lowest BCUT2D eigenvalue weighted by molar-refractivity contribution is -0.123. The van der Waals surface area contributed by atoms with E-state index in [1.807, 2.05) is 0 Å². The molecule has 116 valence electrons. The molecule has 2 aromatic rings. The fourth-order valence-corrected chi connectivity index (χ4v) is 2.03. The number of aromatic nitrogens is 1. The van der Waals surface area contributed by atoms with Gasteiger partial charge in [0.15, 0.2) is 6.10 Å². The van der Waals surface area contributed by atoms with Crippen LogP contribution in [0.2, 0.25) is 5.02 Å². The Bertz CT molecular complexity index is 692. The molecule has 2 rings (SSSR count). The monoisotopic (exact) mass is 322 g/mol. The molecule has 22 heavy (non-hydrogen) atoms. The van der Waals surface area contributed by atoms with Crippen molar-refractivity contribution < 1.29 is 18.8 Å². The van der Waals surface area contributed by atoms with E-state index in [0.29, 0.717) is 22.2 Å². The fourth-order valence-electron chi connectivity index (χ4n) is 1.84. The number of hydrogen-bond acceptors (Lipinski definition) is 5. The first-order chi connectivity index (χ1) is 10.4. The molecule has 0 unspecified atom stereocenters. The smallest absolute Gasteiger partial charge is 0.344 e. The maximum absolute atomic E-state index is 12.1. The van der Waals surface area contributed by atoms with Gasteiger partial charge in [-0.15, -0.1) is 0 Å². The molecule has 0 radical (unpaired) electrons. The number of carbonyl (C=O) groups is 2. The van der Waals surface area contributed by atoms with Crippen molar-refractivity contribution in [2.24, 2.45) is 0 Å². The number of nitrogens with zero attached hydrogens (tertiary/aromatic N) is 1. The second kappa shape index (κ2) is 6.62. The van der Waals surface area contributed by atoms with Gasteiger partial charge in [0.05, 0.1) is 16.4 Å². The van der Waals surface area contributed by atoms with Gasteiger partial charge in [-0.1, -0.05) is 28.9 Å². The number of halogens is 1. The molecule has 1 N–H and O–H groups in total. The van der Waals surface area contributed by atoms with E-state index in [2.05, 4.69) is 10.5 Å². The van der Waals surface area contributed by atoms with Crippen LogP contribution in [0.3, 0.4) is 0 Å². The van der Waals surface area contributed by atoms with E-state index >= 15 is 0 Å². The highest BCUT2D eigenvalue weighted by atomic mass is 35.5. The maximum atomic E-state index is 12.1. The summed E-state index contributed by atoms with van der Waals surface area (Å²) in [5.74, 6) is -0.785. The van der Waals surface area contributed by atoms with Gasteiger partial charge in [-0.25, -0.2) is 4.79 Å². The van der Waals surface area contributed by atoms with Gasteiger partial charge >= 0.3 is 5.97 Å². The standard InChI is InChI=1S/C15H15ClN2O4/c1-8-13(9(2)22-18-8)15(20)21-10(3)14(19)17-12-7-5-4-6-11(12)16/h4-7,10H,1-3H3,(H,17,19)/t10-/m0/s1. The topological polar surface area (TPSA) is 81.4 Å². The zero-order valence-corrected chi connectivity index (χ0v) is 13.1. The Labute approximate surface area is 132 Å². The molecule has 7 heteroatoms. The zero-order chi connectivity index (χ0) is 16.3. The number of anilines is 1. The summed E-state index contributed by atoms with van der Waals surface area (Å²) in [5.41, 5.74) is 1.10. The van der Waals surface area contributed by atoms with Gasteiger partial charge < -0.3 is 14.6 Å². The van der Waals surface area contributed by atoms with Crippen LogP contribution in [0.5, 0.6) is 0 Å². The van der Waals surface area contributed by atoms with Crippen molar-refractivity contribution in [1.29, 1.82) is 0 Å². The minimum absolute atomic E-state index is 0.234. The second-order valence-electron chi connectivity index (χ2n) is 4.72. The number of hydrogen-bond donors (Lipinski definition) is 1. The molecule has 0 bridgehead atoms. The van der Waals surface area contributed by atoms with E-state index in [1.54, 1.807) is 38.1 Å². The molecule has 1 atom stereocenters. The number of rotatable bonds is 4. The number of carbonyl (C=O) groups excluding carboxylic acids is 2. The van der Waals surface area contributed by atoms with E-state index in [1.165, 1.54) is 6.92 Å². The summed E-state index contributed by atoms with van der Waals surface area (Å²) in [6.45, 7) is 4.70. The Morgan fingerprint density at radius 2 is 2.00 bits per heavy atom. The third-order valence-electron chi connectivity index (χ3n) is 3.02. The van der Waals surface area contributed by atoms with Gasteiger partial charge in [0.25, 0.3) is 5.91 Å². The zero-order valence-electron chi connectivity index (χ0n) is 12.3. The predicted molar refractivity (Wildman–Crippen MR) is 80.9 cm³/mol. The van der Waals surface area contributed by atoms with Crippen molar-refractivity contribution in [2.75, 3.05) is 5.32 Å². The highest BCUT2D eigenvalue weighted by Crippen LogP contribution is 2.21. The Hall–Kier alpha value is -2.34. The van der Waals surface area contributed by atoms with Crippen LogP contribution in [0.25, 0.3) is 0 Å². The lowest BCUT2D eigenvalue weighted by Gasteiger charge is -2.14. The molecule has 0 fully saturated rings. The molecule has 1 amide bonds. The van der Waals surface area contributed by atoms with E-state index in [4.69, 9.17) is 20.9 Å². The molecular formula is C15H15ClN2O4. The Balaban J connectivity index is 2.03. The summed E-state index contributed by atoms with van der Waals surface area (Å²) >= 11 is 5.96. The average Bonchev–Trinajstić information content (AvgIpc) is 2.80. The lowest BCUT2D eigenvalue weighted by Crippen LogP contribution is -2.30. The molecule has 1 aromatic carbocycles. The number of benzene rings is 1. The number of aryl methyl sites for hydroxylation is 2. The van der Waals surface area contributed by atoms with Gasteiger partial charge in [0.1, 0.15) is 11.3 Å². The molecule has 0 aliphatic rings. The van der Waals surface area contributed by atoms with Crippen molar-refractivity contribution in [3.63, 3.8) is 0 Å². The van der Waals surface area contributed by atoms with Gasteiger partial charge in [-0.3, -0.25) is 4.79 Å². The Morgan fingerprint density at radius 1 is 1.32 bits per heavy atom. The minimum Gasteiger partial charge on any atom is -0.449 e. The average molecular weight is 323 g/mol. The van der Waals surface area contributed by atoms with Crippen LogP contribution in [-0.2, 0) is 9.53 Å². The first-order valence-electron chi connectivity index (χ1n) is 6.59. The van der Waals surface area contributed by atoms with E-state index in [0.717, 1.165) is 0 Å². The second-order valence-corrected chi connectivity index (χ2v) is 5.12. The lowest BCUT2D eigenvalue weighted by atomic mass is 10.2. The molecule has 0 saturated heterocycles. The molecule has 0 aliphatic carbocycles. The molecular weight excluding hydrogens is 308 g/mol. The van der Waals surface area contributed by atoms with Gasteiger partial charge in [0.2, 0.25) is 0 Å². The van der Waals surface area contributed by atoms with Crippen LogP contribution in [0.1, 0.15) is 28.7 Å². The normalized spacial score (nSPS) is 11.8. The van der Waals surface area contributed by atoms with Gasteiger partial charge in [-0.05, 0) is 32.9 Å². The summed E-state index contributed by atoms with van der Waals surface area (Å²) < 4.78 is 10.0. The number of esters is 1. The quantitative estimate of drug-likeness (QED) is 0.874. The molecule has 0 aliphatic heterocycles. The number of amides is 1. The van der Waals surface area contributed by atoms with Gasteiger partial charge in [-0.2, -0.15) is 0 Å². The fraction of sp³-hybridized carbons (Fsp3) is 0.267. The van der Waals surface area contributed by atoms with Crippen molar-refractivity contribution in [1.82, 2.24) is 5.16 Å². The first kappa shape index (κ1) is 16.0. The summed E-state index contributed by atoms with van der Waals surface area (Å²) in [5, 5.41) is 6.68. The minimum atomic E-state index is -0.988. The van der Waals surface area contributed by atoms with Crippen LogP contribution < -0.4 is 5.32 Å². The van der Waals surface area contributed by atoms with Crippen LogP contribution in [-0.4, -0.2) is 23.1 Å². The largest absolute Gasteiger partial charge is 0.449 e. The number of nitrogens with one attached hydrogen (secondary N) is 1. The third kappa shape index (κ3) is 3.46. The maximum Gasteiger partial charge on any atom is 0.344 e. The Morgan fingerprint density at radius 3 is 2.59 bits per heavy atom. The van der Waals surface area contributed by atoms with E-state index < -0.39 is 18.0 Å². The highest BCUT2D eigenvalue weighted by Gasteiger charge is 2.24. The number of para-hydroxylation sites is 1. The predicted octanol–water partition coefficient (Wildman–Crippen LogP) is 3.13.